The zero-order valence-corrected chi connectivity index (χ0v) is 13.4. The topological polar surface area (TPSA) is 65.6 Å². The van der Waals surface area contributed by atoms with Crippen LogP contribution in [0.4, 0.5) is 14.5 Å². The highest BCUT2D eigenvalue weighted by molar-refractivity contribution is 5.75. The van der Waals surface area contributed by atoms with Gasteiger partial charge in [0.15, 0.2) is 0 Å². The molecule has 2 heterocycles. The minimum absolute atomic E-state index is 0.00294. The lowest BCUT2D eigenvalue weighted by atomic mass is 10.1. The Labute approximate surface area is 138 Å². The molecule has 0 aromatic heterocycles. The molecule has 3 rings (SSSR count). The number of piperazine rings is 1. The third-order valence-corrected chi connectivity index (χ3v) is 4.06. The van der Waals surface area contributed by atoms with E-state index < -0.39 is 11.6 Å². The van der Waals surface area contributed by atoms with E-state index >= 15 is 0 Å². The van der Waals surface area contributed by atoms with Crippen LogP contribution in [0.25, 0.3) is 5.70 Å². The molecule has 1 fully saturated rings. The van der Waals surface area contributed by atoms with Crippen LogP contribution in [0.5, 0.6) is 0 Å². The Morgan fingerprint density at radius 3 is 2.58 bits per heavy atom. The summed E-state index contributed by atoms with van der Waals surface area (Å²) in [6, 6.07) is 2.59. The van der Waals surface area contributed by atoms with E-state index in [2.05, 4.69) is 16.1 Å². The van der Waals surface area contributed by atoms with E-state index in [0.717, 1.165) is 5.57 Å². The predicted octanol–water partition coefficient (Wildman–Crippen LogP) is 0.756. The van der Waals surface area contributed by atoms with Crippen LogP contribution in [-0.4, -0.2) is 45.2 Å². The minimum atomic E-state index is -0.605. The summed E-state index contributed by atoms with van der Waals surface area (Å²) in [4.78, 5) is 17.9. The van der Waals surface area contributed by atoms with Gasteiger partial charge in [0.25, 0.3) is 0 Å². The molecule has 3 N–H and O–H groups in total. The average molecular weight is 338 g/mol. The van der Waals surface area contributed by atoms with E-state index in [1.807, 2.05) is 0 Å². The number of rotatable bonds is 4. The van der Waals surface area contributed by atoms with Crippen molar-refractivity contribution >= 4 is 17.3 Å². The van der Waals surface area contributed by atoms with E-state index in [4.69, 9.17) is 4.84 Å². The second kappa shape index (κ2) is 7.14. The van der Waals surface area contributed by atoms with Crippen LogP contribution in [0.15, 0.2) is 17.7 Å². The van der Waals surface area contributed by atoms with Crippen molar-refractivity contribution in [3.63, 3.8) is 0 Å². The molecule has 24 heavy (non-hydrogen) atoms. The number of nitrogens with one attached hydrogen (secondary N) is 3. The minimum Gasteiger partial charge on any atom is -0.364 e. The van der Waals surface area contributed by atoms with Gasteiger partial charge >= 0.3 is 0 Å². The quantitative estimate of drug-likeness (QED) is 0.756. The number of hydrogen-bond acceptors (Lipinski definition) is 5. The normalized spacial score (nSPS) is 17.9. The second-order valence-corrected chi connectivity index (χ2v) is 5.80. The fraction of sp³-hybridized carbons (Fsp3) is 0.438. The number of hydroxylamine groups is 1. The number of carbonyl (C=O) groups excluding carboxylic acids is 1. The van der Waals surface area contributed by atoms with E-state index in [1.54, 1.807) is 4.90 Å². The van der Waals surface area contributed by atoms with Gasteiger partial charge in [-0.1, -0.05) is 0 Å². The first-order valence-electron chi connectivity index (χ1n) is 7.85. The highest BCUT2D eigenvalue weighted by atomic mass is 19.1. The number of benzene rings is 1. The summed E-state index contributed by atoms with van der Waals surface area (Å²) in [6.07, 6.45) is 0. The van der Waals surface area contributed by atoms with Gasteiger partial charge in [0.05, 0.1) is 12.3 Å². The molecule has 0 bridgehead atoms. The molecule has 0 radical (unpaired) electrons. The highest BCUT2D eigenvalue weighted by Gasteiger charge is 2.23. The molecular weight excluding hydrogens is 318 g/mol. The molecule has 8 heteroatoms. The SMILES string of the molecule is CC(=O)NCC1=C(c2cc(F)c(N3CCNCC3)c(F)c2)NOC1. The Kier molecular flexibility index (Phi) is 4.96. The molecule has 0 aliphatic carbocycles. The fourth-order valence-corrected chi connectivity index (χ4v) is 2.87. The smallest absolute Gasteiger partial charge is 0.217 e. The summed E-state index contributed by atoms with van der Waals surface area (Å²) >= 11 is 0. The summed E-state index contributed by atoms with van der Waals surface area (Å²) in [5.74, 6) is -1.39. The lowest BCUT2D eigenvalue weighted by molar-refractivity contribution is -0.118. The highest BCUT2D eigenvalue weighted by Crippen LogP contribution is 2.29. The van der Waals surface area contributed by atoms with Gasteiger partial charge < -0.3 is 15.5 Å². The van der Waals surface area contributed by atoms with Gasteiger partial charge in [-0.3, -0.25) is 15.1 Å². The molecule has 0 unspecified atom stereocenters. The Morgan fingerprint density at radius 1 is 1.29 bits per heavy atom. The summed E-state index contributed by atoms with van der Waals surface area (Å²) in [5, 5.41) is 5.81. The Bertz CT molecular complexity index is 649. The Balaban J connectivity index is 1.89. The molecule has 0 saturated carbocycles. The van der Waals surface area contributed by atoms with Crippen LogP contribution in [0.3, 0.4) is 0 Å². The first-order valence-corrected chi connectivity index (χ1v) is 7.85. The third kappa shape index (κ3) is 3.49. The lowest BCUT2D eigenvalue weighted by Crippen LogP contribution is -2.44. The second-order valence-electron chi connectivity index (χ2n) is 5.80. The first-order chi connectivity index (χ1) is 11.6. The number of halogens is 2. The van der Waals surface area contributed by atoms with E-state index in [9.17, 15) is 13.6 Å². The summed E-state index contributed by atoms with van der Waals surface area (Å²) in [6.45, 7) is 4.43. The number of hydrogen-bond donors (Lipinski definition) is 3. The molecule has 1 aromatic carbocycles. The van der Waals surface area contributed by atoms with E-state index in [-0.39, 0.29) is 24.7 Å². The fourth-order valence-electron chi connectivity index (χ4n) is 2.87. The van der Waals surface area contributed by atoms with Crippen molar-refractivity contribution in [1.82, 2.24) is 16.1 Å². The Hall–Kier alpha value is -2.19. The number of nitrogens with zero attached hydrogens (tertiary/aromatic N) is 1. The van der Waals surface area contributed by atoms with E-state index in [1.165, 1.54) is 19.1 Å². The first kappa shape index (κ1) is 16.7. The average Bonchev–Trinajstić information content (AvgIpc) is 3.02. The summed E-state index contributed by atoms with van der Waals surface area (Å²) in [7, 11) is 0. The van der Waals surface area contributed by atoms with Crippen molar-refractivity contribution in [2.75, 3.05) is 44.2 Å². The molecule has 0 spiro atoms. The van der Waals surface area contributed by atoms with E-state index in [0.29, 0.717) is 37.4 Å². The molecule has 1 amide bonds. The van der Waals surface area contributed by atoms with Crippen molar-refractivity contribution in [2.24, 2.45) is 0 Å². The van der Waals surface area contributed by atoms with Gasteiger partial charge in [-0.15, -0.1) is 0 Å². The van der Waals surface area contributed by atoms with Crippen LogP contribution in [-0.2, 0) is 9.63 Å². The van der Waals surface area contributed by atoms with Crippen LogP contribution < -0.4 is 21.0 Å². The van der Waals surface area contributed by atoms with Crippen molar-refractivity contribution in [2.45, 2.75) is 6.92 Å². The number of amides is 1. The van der Waals surface area contributed by atoms with Gasteiger partial charge in [0.2, 0.25) is 5.91 Å². The standard InChI is InChI=1S/C16H20F2N4O2/c1-10(23)20-8-12-9-24-21-15(12)11-6-13(17)16(14(18)7-11)22-4-2-19-3-5-22/h6-7,19,21H,2-5,8-9H2,1H3,(H,20,23). The van der Waals surface area contributed by atoms with Crippen LogP contribution in [0.1, 0.15) is 12.5 Å². The summed E-state index contributed by atoms with van der Waals surface area (Å²) < 4.78 is 29.1. The van der Waals surface area contributed by atoms with Crippen molar-refractivity contribution in [3.8, 4) is 0 Å². The maximum atomic E-state index is 14.5. The van der Waals surface area contributed by atoms with Crippen LogP contribution in [0.2, 0.25) is 0 Å². The largest absolute Gasteiger partial charge is 0.364 e. The molecule has 0 atom stereocenters. The predicted molar refractivity (Wildman–Crippen MR) is 86.1 cm³/mol. The van der Waals surface area contributed by atoms with Gasteiger partial charge in [0, 0.05) is 50.8 Å². The lowest BCUT2D eigenvalue weighted by Gasteiger charge is -2.30. The molecule has 1 aromatic rings. The molecule has 130 valence electrons. The monoisotopic (exact) mass is 338 g/mol. The van der Waals surface area contributed by atoms with Crippen LogP contribution >= 0.6 is 0 Å². The Morgan fingerprint density at radius 2 is 1.96 bits per heavy atom. The molecule has 6 nitrogen and oxygen atoms in total. The maximum Gasteiger partial charge on any atom is 0.217 e. The maximum absolute atomic E-state index is 14.5. The van der Waals surface area contributed by atoms with Crippen LogP contribution in [0, 0.1) is 11.6 Å². The van der Waals surface area contributed by atoms with Gasteiger partial charge in [-0.2, -0.15) is 0 Å². The van der Waals surface area contributed by atoms with Gasteiger partial charge in [0.1, 0.15) is 17.3 Å². The molecule has 2 aliphatic rings. The molecule has 1 saturated heterocycles. The van der Waals surface area contributed by atoms with Crippen molar-refractivity contribution in [3.05, 3.63) is 34.9 Å². The van der Waals surface area contributed by atoms with Crippen molar-refractivity contribution < 1.29 is 18.4 Å². The zero-order chi connectivity index (χ0) is 17.1. The molecular formula is C16H20F2N4O2. The number of carbonyl (C=O) groups is 1. The van der Waals surface area contributed by atoms with Gasteiger partial charge in [-0.05, 0) is 12.1 Å². The molecule has 2 aliphatic heterocycles. The van der Waals surface area contributed by atoms with Crippen molar-refractivity contribution in [1.29, 1.82) is 0 Å². The number of anilines is 1. The third-order valence-electron chi connectivity index (χ3n) is 4.06. The zero-order valence-electron chi connectivity index (χ0n) is 13.4. The van der Waals surface area contributed by atoms with Gasteiger partial charge in [-0.25, -0.2) is 8.78 Å². The summed E-state index contributed by atoms with van der Waals surface area (Å²) in [5.41, 5.74) is 4.27.